The zero-order chi connectivity index (χ0) is 13.4. The molecule has 2 heterocycles. The molecule has 3 nitrogen and oxygen atoms in total. The highest BCUT2D eigenvalue weighted by Gasteiger charge is 2.12. The van der Waals surface area contributed by atoms with Gasteiger partial charge >= 0.3 is 0 Å². The monoisotopic (exact) mass is 294 g/mol. The number of halogens is 2. The van der Waals surface area contributed by atoms with Crippen LogP contribution in [0, 0.1) is 5.82 Å². The summed E-state index contributed by atoms with van der Waals surface area (Å²) in [6, 6.07) is 6.42. The smallest absolute Gasteiger partial charge is 0.171 e. The van der Waals surface area contributed by atoms with Crippen LogP contribution in [-0.4, -0.2) is 17.1 Å². The Kier molecular flexibility index (Phi) is 3.08. The third-order valence-corrected chi connectivity index (χ3v) is 3.85. The first-order chi connectivity index (χ1) is 9.19. The summed E-state index contributed by atoms with van der Waals surface area (Å²) in [5.74, 6) is 0.704. The van der Waals surface area contributed by atoms with Crippen LogP contribution in [0.2, 0.25) is 5.15 Å². The van der Waals surface area contributed by atoms with Gasteiger partial charge in [-0.15, -0.1) is 11.3 Å². The van der Waals surface area contributed by atoms with E-state index in [1.165, 1.54) is 17.4 Å². The summed E-state index contributed by atoms with van der Waals surface area (Å²) in [6.45, 7) is 0. The average Bonchev–Trinajstić information content (AvgIpc) is 2.88. The van der Waals surface area contributed by atoms with E-state index in [2.05, 4.69) is 9.97 Å². The van der Waals surface area contributed by atoms with Crippen molar-refractivity contribution in [3.8, 4) is 16.5 Å². The second kappa shape index (κ2) is 4.75. The van der Waals surface area contributed by atoms with Crippen LogP contribution in [-0.2, 0) is 0 Å². The zero-order valence-electron chi connectivity index (χ0n) is 9.85. The summed E-state index contributed by atoms with van der Waals surface area (Å²) in [4.78, 5) is 9.22. The minimum atomic E-state index is -0.411. The number of rotatable bonds is 2. The predicted molar refractivity (Wildman–Crippen MR) is 74.4 cm³/mol. The van der Waals surface area contributed by atoms with Crippen LogP contribution in [0.25, 0.3) is 21.6 Å². The summed E-state index contributed by atoms with van der Waals surface area (Å²) in [5, 5.41) is 2.58. The Labute approximate surface area is 117 Å². The number of methoxy groups -OCH3 is 1. The molecule has 0 fully saturated rings. The van der Waals surface area contributed by atoms with Crippen LogP contribution < -0.4 is 4.74 Å². The van der Waals surface area contributed by atoms with Crippen molar-refractivity contribution in [1.29, 1.82) is 0 Å². The highest BCUT2D eigenvalue weighted by atomic mass is 35.5. The third-order valence-electron chi connectivity index (χ3n) is 2.66. The van der Waals surface area contributed by atoms with Gasteiger partial charge in [-0.2, -0.15) is 0 Å². The van der Waals surface area contributed by atoms with Crippen molar-refractivity contribution in [1.82, 2.24) is 9.97 Å². The van der Waals surface area contributed by atoms with Crippen LogP contribution >= 0.6 is 22.9 Å². The molecule has 0 aliphatic heterocycles. The van der Waals surface area contributed by atoms with Gasteiger partial charge in [0, 0.05) is 16.8 Å². The lowest BCUT2D eigenvalue weighted by molar-refractivity contribution is 0.417. The molecule has 0 saturated carbocycles. The molecule has 0 bridgehead atoms. The molecule has 3 aromatic rings. The average molecular weight is 295 g/mol. The fourth-order valence-corrected chi connectivity index (χ4v) is 2.75. The summed E-state index contributed by atoms with van der Waals surface area (Å²) in [6.07, 6.45) is 0. The van der Waals surface area contributed by atoms with Gasteiger partial charge in [-0.25, -0.2) is 14.4 Å². The lowest BCUT2D eigenvalue weighted by Crippen LogP contribution is -1.92. The van der Waals surface area contributed by atoms with E-state index in [1.54, 1.807) is 25.3 Å². The molecule has 19 heavy (non-hydrogen) atoms. The lowest BCUT2D eigenvalue weighted by Gasteiger charge is -2.03. The minimum Gasteiger partial charge on any atom is -0.496 e. The molecule has 0 unspecified atom stereocenters. The maximum Gasteiger partial charge on any atom is 0.171 e. The number of aromatic nitrogens is 2. The second-order valence-corrected chi connectivity index (χ2v) is 5.09. The van der Waals surface area contributed by atoms with Gasteiger partial charge in [0.2, 0.25) is 0 Å². The number of hydrogen-bond donors (Lipinski definition) is 0. The summed E-state index contributed by atoms with van der Waals surface area (Å²) >= 11 is 7.50. The highest BCUT2D eigenvalue weighted by molar-refractivity contribution is 7.13. The van der Waals surface area contributed by atoms with Gasteiger partial charge in [0.05, 0.1) is 12.0 Å². The Hall–Kier alpha value is -1.72. The molecule has 0 radical (unpaired) electrons. The molecule has 1 aromatic carbocycles. The molecule has 0 amide bonds. The first-order valence-corrected chi connectivity index (χ1v) is 6.69. The fourth-order valence-electron chi connectivity index (χ4n) is 1.73. The molecule has 0 N–H and O–H groups in total. The molecule has 0 spiro atoms. The first kappa shape index (κ1) is 12.3. The third kappa shape index (κ3) is 2.15. The molecule has 0 aliphatic carbocycles. The van der Waals surface area contributed by atoms with Gasteiger partial charge in [-0.3, -0.25) is 0 Å². The SMILES string of the molecule is COc1csc(-c2nc(Cl)c3cccc(F)c3n2)c1. The van der Waals surface area contributed by atoms with E-state index in [-0.39, 0.29) is 10.7 Å². The number of nitrogens with zero attached hydrogens (tertiary/aromatic N) is 2. The topological polar surface area (TPSA) is 35.0 Å². The zero-order valence-corrected chi connectivity index (χ0v) is 11.4. The molecule has 6 heteroatoms. The fraction of sp³-hybridized carbons (Fsp3) is 0.0769. The summed E-state index contributed by atoms with van der Waals surface area (Å²) in [5.41, 5.74) is 0.227. The number of fused-ring (bicyclic) bond motifs is 1. The standard InChI is InChI=1S/C13H8ClFN2OS/c1-18-7-5-10(19-6-7)13-16-11-8(12(14)17-13)3-2-4-9(11)15/h2-6H,1H3. The van der Waals surface area contributed by atoms with Crippen LogP contribution in [0.4, 0.5) is 4.39 Å². The van der Waals surface area contributed by atoms with Crippen molar-refractivity contribution in [2.75, 3.05) is 7.11 Å². The predicted octanol–water partition coefficient (Wildman–Crippen LogP) is 4.16. The minimum absolute atomic E-state index is 0.227. The summed E-state index contributed by atoms with van der Waals surface area (Å²) < 4.78 is 18.9. The molecule has 0 atom stereocenters. The van der Waals surface area contributed by atoms with Gasteiger partial charge < -0.3 is 4.74 Å². The van der Waals surface area contributed by atoms with E-state index < -0.39 is 5.82 Å². The van der Waals surface area contributed by atoms with E-state index in [0.717, 1.165) is 4.88 Å². The van der Waals surface area contributed by atoms with Crippen molar-refractivity contribution >= 4 is 33.8 Å². The quantitative estimate of drug-likeness (QED) is 0.666. The summed E-state index contributed by atoms with van der Waals surface area (Å²) in [7, 11) is 1.58. The van der Waals surface area contributed by atoms with Crippen LogP contribution in [0.3, 0.4) is 0 Å². The van der Waals surface area contributed by atoms with Crippen molar-refractivity contribution in [3.63, 3.8) is 0 Å². The Morgan fingerprint density at radius 3 is 2.89 bits per heavy atom. The molecule has 0 saturated heterocycles. The molecule has 0 aliphatic rings. The Morgan fingerprint density at radius 2 is 2.16 bits per heavy atom. The van der Waals surface area contributed by atoms with Crippen molar-refractivity contribution < 1.29 is 9.13 Å². The maximum atomic E-state index is 13.8. The highest BCUT2D eigenvalue weighted by Crippen LogP contribution is 2.32. The number of para-hydroxylation sites is 1. The molecule has 96 valence electrons. The van der Waals surface area contributed by atoms with E-state index in [4.69, 9.17) is 16.3 Å². The van der Waals surface area contributed by atoms with Gasteiger partial charge in [0.25, 0.3) is 0 Å². The second-order valence-electron chi connectivity index (χ2n) is 3.82. The van der Waals surface area contributed by atoms with Gasteiger partial charge in [0.15, 0.2) is 5.82 Å². The van der Waals surface area contributed by atoms with Gasteiger partial charge in [-0.1, -0.05) is 17.7 Å². The molecule has 3 rings (SSSR count). The van der Waals surface area contributed by atoms with E-state index in [0.29, 0.717) is 17.0 Å². The lowest BCUT2D eigenvalue weighted by atomic mass is 10.2. The van der Waals surface area contributed by atoms with E-state index in [1.807, 2.05) is 5.38 Å². The van der Waals surface area contributed by atoms with E-state index in [9.17, 15) is 4.39 Å². The van der Waals surface area contributed by atoms with Crippen molar-refractivity contribution in [2.45, 2.75) is 0 Å². The van der Waals surface area contributed by atoms with Crippen LogP contribution in [0.1, 0.15) is 0 Å². The van der Waals surface area contributed by atoms with Crippen LogP contribution in [0.15, 0.2) is 29.6 Å². The Balaban J connectivity index is 2.22. The largest absolute Gasteiger partial charge is 0.496 e. The van der Waals surface area contributed by atoms with Crippen molar-refractivity contribution in [2.24, 2.45) is 0 Å². The number of ether oxygens (including phenoxy) is 1. The van der Waals surface area contributed by atoms with E-state index >= 15 is 0 Å². The van der Waals surface area contributed by atoms with Gasteiger partial charge in [0.1, 0.15) is 22.2 Å². The molecular weight excluding hydrogens is 287 g/mol. The van der Waals surface area contributed by atoms with Crippen molar-refractivity contribution in [3.05, 3.63) is 40.6 Å². The molecule has 2 aromatic heterocycles. The van der Waals surface area contributed by atoms with Gasteiger partial charge in [-0.05, 0) is 12.1 Å². The number of benzene rings is 1. The Bertz CT molecular complexity index is 759. The maximum absolute atomic E-state index is 13.8. The first-order valence-electron chi connectivity index (χ1n) is 5.43. The number of hydrogen-bond acceptors (Lipinski definition) is 4. The normalized spacial score (nSPS) is 10.9. The number of thiophene rings is 1. The Morgan fingerprint density at radius 1 is 1.32 bits per heavy atom. The van der Waals surface area contributed by atoms with Crippen LogP contribution in [0.5, 0.6) is 5.75 Å². The molecular formula is C13H8ClFN2OS.